The molecule has 7 heteroatoms. The minimum atomic E-state index is -0.157. The van der Waals surface area contributed by atoms with Crippen molar-refractivity contribution in [1.29, 1.82) is 0 Å². The van der Waals surface area contributed by atoms with Gasteiger partial charge in [0.2, 0.25) is 0 Å². The molecule has 7 nitrogen and oxygen atoms in total. The average Bonchev–Trinajstić information content (AvgIpc) is 2.99. The molecule has 0 fully saturated rings. The summed E-state index contributed by atoms with van der Waals surface area (Å²) in [5.41, 5.74) is 2.52. The molecule has 0 saturated heterocycles. The van der Waals surface area contributed by atoms with E-state index in [0.29, 0.717) is 5.82 Å². The van der Waals surface area contributed by atoms with Crippen molar-refractivity contribution in [3.8, 4) is 5.75 Å². The van der Waals surface area contributed by atoms with E-state index in [1.54, 1.807) is 12.5 Å². The number of hydrogen-bond acceptors (Lipinski definition) is 6. The summed E-state index contributed by atoms with van der Waals surface area (Å²) in [7, 11) is 0. The molecule has 0 atom stereocenters. The maximum absolute atomic E-state index is 8.87. The number of benzene rings is 1. The molecular formula is C18H23N5O2. The van der Waals surface area contributed by atoms with Crippen LogP contribution in [0.2, 0.25) is 0 Å². The molecule has 2 N–H and O–H groups in total. The van der Waals surface area contributed by atoms with Crippen molar-refractivity contribution < 1.29 is 9.84 Å². The zero-order valence-corrected chi connectivity index (χ0v) is 14.9. The van der Waals surface area contributed by atoms with Gasteiger partial charge in [0, 0.05) is 5.69 Å². The Labute approximate surface area is 146 Å². The second kappa shape index (κ2) is 6.68. The first-order valence-corrected chi connectivity index (χ1v) is 8.20. The fourth-order valence-corrected chi connectivity index (χ4v) is 2.62. The summed E-state index contributed by atoms with van der Waals surface area (Å²) >= 11 is 0. The summed E-state index contributed by atoms with van der Waals surface area (Å²) in [5.74, 6) is 1.47. The quantitative estimate of drug-likeness (QED) is 0.742. The van der Waals surface area contributed by atoms with Crippen LogP contribution in [0, 0.1) is 6.92 Å². The maximum Gasteiger partial charge on any atom is 0.163 e. The Morgan fingerprint density at radius 3 is 2.72 bits per heavy atom. The highest BCUT2D eigenvalue weighted by Gasteiger charge is 2.19. The fraction of sp³-hybridized carbons (Fsp3) is 0.389. The van der Waals surface area contributed by atoms with Crippen molar-refractivity contribution in [3.05, 3.63) is 36.3 Å². The van der Waals surface area contributed by atoms with Gasteiger partial charge < -0.3 is 15.2 Å². The van der Waals surface area contributed by atoms with Gasteiger partial charge in [-0.25, -0.2) is 14.6 Å². The van der Waals surface area contributed by atoms with Crippen molar-refractivity contribution in [1.82, 2.24) is 19.7 Å². The van der Waals surface area contributed by atoms with E-state index in [-0.39, 0.29) is 18.8 Å². The number of rotatable bonds is 5. The summed E-state index contributed by atoms with van der Waals surface area (Å²) in [4.78, 5) is 8.74. The van der Waals surface area contributed by atoms with Gasteiger partial charge in [0.1, 0.15) is 24.5 Å². The first-order valence-electron chi connectivity index (χ1n) is 8.20. The number of aromatic nitrogens is 4. The van der Waals surface area contributed by atoms with Gasteiger partial charge in [-0.2, -0.15) is 5.10 Å². The largest absolute Gasteiger partial charge is 0.491 e. The van der Waals surface area contributed by atoms with Crippen LogP contribution in [0.1, 0.15) is 26.3 Å². The highest BCUT2D eigenvalue weighted by atomic mass is 16.5. The number of aliphatic hydroxyl groups excluding tert-OH is 1. The molecule has 0 aliphatic heterocycles. The van der Waals surface area contributed by atoms with Crippen LogP contribution in [0.15, 0.2) is 30.7 Å². The number of aliphatic hydroxyl groups is 1. The molecule has 0 amide bonds. The molecule has 0 unspecified atom stereocenters. The Morgan fingerprint density at radius 2 is 2.04 bits per heavy atom. The summed E-state index contributed by atoms with van der Waals surface area (Å²) in [5, 5.41) is 17.5. The van der Waals surface area contributed by atoms with E-state index in [4.69, 9.17) is 9.84 Å². The summed E-state index contributed by atoms with van der Waals surface area (Å²) < 4.78 is 7.38. The van der Waals surface area contributed by atoms with Crippen LogP contribution >= 0.6 is 0 Å². The number of nitrogens with one attached hydrogen (secondary N) is 1. The van der Waals surface area contributed by atoms with Gasteiger partial charge in [-0.15, -0.1) is 0 Å². The topological polar surface area (TPSA) is 85.1 Å². The molecule has 2 heterocycles. The molecule has 132 valence electrons. The third-order valence-corrected chi connectivity index (χ3v) is 3.79. The van der Waals surface area contributed by atoms with Gasteiger partial charge in [0.05, 0.1) is 23.7 Å². The first kappa shape index (κ1) is 17.2. The Hall–Kier alpha value is -2.67. The van der Waals surface area contributed by atoms with E-state index in [9.17, 15) is 0 Å². The third kappa shape index (κ3) is 3.56. The Bertz CT molecular complexity index is 883. The van der Waals surface area contributed by atoms with Gasteiger partial charge in [-0.05, 0) is 51.5 Å². The van der Waals surface area contributed by atoms with Crippen LogP contribution in [-0.2, 0) is 5.54 Å². The molecule has 1 aromatic carbocycles. The Morgan fingerprint density at radius 1 is 1.24 bits per heavy atom. The molecule has 0 aliphatic carbocycles. The minimum Gasteiger partial charge on any atom is -0.491 e. The zero-order chi connectivity index (χ0) is 18.0. The molecule has 0 saturated carbocycles. The second-order valence-corrected chi connectivity index (χ2v) is 6.86. The maximum atomic E-state index is 8.87. The predicted molar refractivity (Wildman–Crippen MR) is 97.4 cm³/mol. The van der Waals surface area contributed by atoms with Crippen LogP contribution in [0.5, 0.6) is 5.75 Å². The number of hydrogen-bond donors (Lipinski definition) is 2. The lowest BCUT2D eigenvalue weighted by Crippen LogP contribution is -2.23. The van der Waals surface area contributed by atoms with Crippen LogP contribution in [-0.4, -0.2) is 38.1 Å². The lowest BCUT2D eigenvalue weighted by atomic mass is 10.1. The Kier molecular flexibility index (Phi) is 4.59. The monoisotopic (exact) mass is 341 g/mol. The van der Waals surface area contributed by atoms with Crippen LogP contribution < -0.4 is 10.1 Å². The van der Waals surface area contributed by atoms with Gasteiger partial charge in [0.25, 0.3) is 0 Å². The van der Waals surface area contributed by atoms with Crippen molar-refractivity contribution >= 4 is 22.5 Å². The van der Waals surface area contributed by atoms with Crippen molar-refractivity contribution in [2.24, 2.45) is 0 Å². The standard InChI is InChI=1S/C18H23N5O2/c1-12-9-13(5-6-15(12)25-8-7-24)22-16-14-10-21-23(18(2,3)4)17(14)20-11-19-16/h5-6,9-11,24H,7-8H2,1-4H3,(H,19,20,22). The van der Waals surface area contributed by atoms with E-state index in [1.165, 1.54) is 0 Å². The number of ether oxygens (including phenoxy) is 1. The number of aryl methyl sites for hydroxylation is 1. The highest BCUT2D eigenvalue weighted by molar-refractivity contribution is 5.88. The van der Waals surface area contributed by atoms with Crippen LogP contribution in [0.4, 0.5) is 11.5 Å². The lowest BCUT2D eigenvalue weighted by molar-refractivity contribution is 0.200. The van der Waals surface area contributed by atoms with Gasteiger partial charge >= 0.3 is 0 Å². The first-order chi connectivity index (χ1) is 11.9. The normalized spacial score (nSPS) is 11.7. The molecule has 0 radical (unpaired) electrons. The summed E-state index contributed by atoms with van der Waals surface area (Å²) in [6.07, 6.45) is 3.33. The number of fused-ring (bicyclic) bond motifs is 1. The molecule has 25 heavy (non-hydrogen) atoms. The minimum absolute atomic E-state index is 0.00384. The van der Waals surface area contributed by atoms with E-state index in [1.807, 2.05) is 29.8 Å². The van der Waals surface area contributed by atoms with Crippen molar-refractivity contribution in [3.63, 3.8) is 0 Å². The third-order valence-electron chi connectivity index (χ3n) is 3.79. The van der Waals surface area contributed by atoms with Gasteiger partial charge in [0.15, 0.2) is 5.65 Å². The van der Waals surface area contributed by atoms with E-state index >= 15 is 0 Å². The van der Waals surface area contributed by atoms with Crippen LogP contribution in [0.25, 0.3) is 11.0 Å². The molecule has 0 spiro atoms. The molecule has 3 rings (SSSR count). The number of nitrogens with zero attached hydrogens (tertiary/aromatic N) is 4. The zero-order valence-electron chi connectivity index (χ0n) is 14.9. The van der Waals surface area contributed by atoms with Crippen molar-refractivity contribution in [2.45, 2.75) is 33.2 Å². The molecular weight excluding hydrogens is 318 g/mol. The van der Waals surface area contributed by atoms with E-state index in [2.05, 4.69) is 41.2 Å². The molecule has 0 aliphatic rings. The smallest absolute Gasteiger partial charge is 0.163 e. The average molecular weight is 341 g/mol. The van der Waals surface area contributed by atoms with Crippen molar-refractivity contribution in [2.75, 3.05) is 18.5 Å². The molecule has 0 bridgehead atoms. The van der Waals surface area contributed by atoms with E-state index < -0.39 is 0 Å². The fourth-order valence-electron chi connectivity index (χ4n) is 2.62. The Balaban J connectivity index is 1.91. The predicted octanol–water partition coefficient (Wildman–Crippen LogP) is 3.00. The molecule has 3 aromatic rings. The van der Waals surface area contributed by atoms with Gasteiger partial charge in [-0.3, -0.25) is 0 Å². The van der Waals surface area contributed by atoms with Crippen LogP contribution in [0.3, 0.4) is 0 Å². The lowest BCUT2D eigenvalue weighted by Gasteiger charge is -2.19. The second-order valence-electron chi connectivity index (χ2n) is 6.86. The summed E-state index contributed by atoms with van der Waals surface area (Å²) in [6, 6.07) is 5.78. The SMILES string of the molecule is Cc1cc(Nc2ncnc3c2cnn3C(C)(C)C)ccc1OCCO. The molecule has 2 aromatic heterocycles. The summed E-state index contributed by atoms with van der Waals surface area (Å²) in [6.45, 7) is 8.50. The highest BCUT2D eigenvalue weighted by Crippen LogP contribution is 2.28. The van der Waals surface area contributed by atoms with Gasteiger partial charge in [-0.1, -0.05) is 0 Å². The number of anilines is 2. The van der Waals surface area contributed by atoms with E-state index in [0.717, 1.165) is 28.0 Å².